The van der Waals surface area contributed by atoms with E-state index in [0.29, 0.717) is 16.1 Å². The highest BCUT2D eigenvalue weighted by Crippen LogP contribution is 2.17. The van der Waals surface area contributed by atoms with Crippen LogP contribution in [-0.2, 0) is 0 Å². The van der Waals surface area contributed by atoms with Crippen molar-refractivity contribution in [3.05, 3.63) is 82.0 Å². The number of H-pyrrole nitrogens is 1. The van der Waals surface area contributed by atoms with Crippen LogP contribution in [0.2, 0.25) is 5.02 Å². The number of carboxylic acids is 1. The number of nitrogens with zero attached hydrogens (tertiary/aromatic N) is 1. The molecule has 0 atom stereocenters. The fraction of sp³-hybridized carbons (Fsp3) is 0.0526. The first-order chi connectivity index (χ1) is 13.3. The average molecular weight is 401 g/mol. The zero-order valence-corrected chi connectivity index (χ0v) is 15.5. The summed E-state index contributed by atoms with van der Waals surface area (Å²) in [5.74, 6) is -1.78. The standard InChI is InChI=1S/C12H10ClN3O3.C7H7NO/c1-6-2-3-7(13)4-8(6)11(17)14-10-5-9(12(18)19)15-16-10;8-7(9)6-4-2-1-3-5-6/h2-5H,1H3,(H,18,19)(H2,14,15,16,17);1-5H,(H2,8,9). The van der Waals surface area contributed by atoms with E-state index in [9.17, 15) is 14.4 Å². The molecule has 3 aromatic rings. The molecule has 0 saturated heterocycles. The second kappa shape index (κ2) is 9.33. The average Bonchev–Trinajstić information content (AvgIpc) is 3.13. The summed E-state index contributed by atoms with van der Waals surface area (Å²) in [4.78, 5) is 33.1. The van der Waals surface area contributed by atoms with Gasteiger partial charge in [0.05, 0.1) is 0 Å². The lowest BCUT2D eigenvalue weighted by Gasteiger charge is -2.05. The van der Waals surface area contributed by atoms with Crippen molar-refractivity contribution >= 4 is 35.2 Å². The zero-order chi connectivity index (χ0) is 20.7. The molecular formula is C19H17ClN4O4. The summed E-state index contributed by atoms with van der Waals surface area (Å²) in [5.41, 5.74) is 6.60. The van der Waals surface area contributed by atoms with Crippen molar-refractivity contribution in [2.75, 3.05) is 5.32 Å². The summed E-state index contributed by atoms with van der Waals surface area (Å²) < 4.78 is 0. The largest absolute Gasteiger partial charge is 0.477 e. The number of carbonyl (C=O) groups excluding carboxylic acids is 2. The number of nitrogens with two attached hydrogens (primary N) is 1. The monoisotopic (exact) mass is 400 g/mol. The Balaban J connectivity index is 0.000000261. The Kier molecular flexibility index (Phi) is 6.89. The van der Waals surface area contributed by atoms with Crippen LogP contribution in [-0.4, -0.2) is 33.1 Å². The SMILES string of the molecule is Cc1ccc(Cl)cc1C(=O)Nc1cc(C(=O)O)[nH]n1.NC(=O)c1ccccc1. The molecule has 0 saturated carbocycles. The maximum absolute atomic E-state index is 12.0. The molecule has 5 N–H and O–H groups in total. The van der Waals surface area contributed by atoms with E-state index in [1.165, 1.54) is 12.1 Å². The van der Waals surface area contributed by atoms with Crippen molar-refractivity contribution in [2.24, 2.45) is 5.73 Å². The van der Waals surface area contributed by atoms with Gasteiger partial charge in [-0.1, -0.05) is 35.9 Å². The van der Waals surface area contributed by atoms with E-state index in [2.05, 4.69) is 15.5 Å². The van der Waals surface area contributed by atoms with Gasteiger partial charge in [-0.3, -0.25) is 14.7 Å². The first-order valence-electron chi connectivity index (χ1n) is 7.99. The number of aromatic nitrogens is 2. The van der Waals surface area contributed by atoms with Crippen molar-refractivity contribution in [1.82, 2.24) is 10.2 Å². The first-order valence-corrected chi connectivity index (χ1v) is 8.36. The molecule has 0 aliphatic rings. The molecule has 1 aromatic heterocycles. The van der Waals surface area contributed by atoms with Crippen molar-refractivity contribution in [2.45, 2.75) is 6.92 Å². The fourth-order valence-corrected chi connectivity index (χ4v) is 2.29. The van der Waals surface area contributed by atoms with Crippen LogP contribution in [0.4, 0.5) is 5.82 Å². The lowest BCUT2D eigenvalue weighted by atomic mass is 10.1. The molecule has 0 aliphatic carbocycles. The summed E-state index contributed by atoms with van der Waals surface area (Å²) in [6.45, 7) is 1.78. The normalized spacial score (nSPS) is 9.79. The summed E-state index contributed by atoms with van der Waals surface area (Å²) in [6.07, 6.45) is 0. The molecule has 9 heteroatoms. The Hall–Kier alpha value is -3.65. The van der Waals surface area contributed by atoms with Crippen LogP contribution >= 0.6 is 11.6 Å². The molecule has 8 nitrogen and oxygen atoms in total. The minimum atomic E-state index is -1.15. The molecule has 3 rings (SSSR count). The number of hydrogen-bond acceptors (Lipinski definition) is 4. The number of aromatic carboxylic acids is 1. The Bertz CT molecular complexity index is 1000. The van der Waals surface area contributed by atoms with E-state index in [1.54, 1.807) is 43.3 Å². The highest BCUT2D eigenvalue weighted by atomic mass is 35.5. The van der Waals surface area contributed by atoms with Crippen molar-refractivity contribution in [3.63, 3.8) is 0 Å². The lowest BCUT2D eigenvalue weighted by molar-refractivity contribution is 0.0690. The van der Waals surface area contributed by atoms with Gasteiger partial charge < -0.3 is 16.2 Å². The number of aromatic amines is 1. The number of rotatable bonds is 4. The van der Waals surface area contributed by atoms with Gasteiger partial charge in [0, 0.05) is 22.2 Å². The summed E-state index contributed by atoms with van der Waals surface area (Å²) >= 11 is 5.83. The third-order valence-electron chi connectivity index (χ3n) is 3.55. The predicted molar refractivity (Wildman–Crippen MR) is 105 cm³/mol. The van der Waals surface area contributed by atoms with Crippen LogP contribution in [0.3, 0.4) is 0 Å². The highest BCUT2D eigenvalue weighted by molar-refractivity contribution is 6.31. The molecule has 0 spiro atoms. The molecule has 0 unspecified atom stereocenters. The van der Waals surface area contributed by atoms with Gasteiger partial charge in [-0.2, -0.15) is 5.10 Å². The van der Waals surface area contributed by atoms with Crippen LogP contribution in [0.1, 0.15) is 36.8 Å². The van der Waals surface area contributed by atoms with Crippen LogP contribution < -0.4 is 11.1 Å². The third-order valence-corrected chi connectivity index (χ3v) is 3.79. The zero-order valence-electron chi connectivity index (χ0n) is 14.8. The molecule has 144 valence electrons. The van der Waals surface area contributed by atoms with Crippen LogP contribution in [0.5, 0.6) is 0 Å². The minimum Gasteiger partial charge on any atom is -0.477 e. The first kappa shape index (κ1) is 20.7. The van der Waals surface area contributed by atoms with Gasteiger partial charge in [0.25, 0.3) is 5.91 Å². The summed E-state index contributed by atoms with van der Waals surface area (Å²) in [7, 11) is 0. The van der Waals surface area contributed by atoms with Gasteiger partial charge in [-0.15, -0.1) is 0 Å². The van der Waals surface area contributed by atoms with Gasteiger partial charge >= 0.3 is 5.97 Å². The van der Waals surface area contributed by atoms with Crippen LogP contribution in [0.15, 0.2) is 54.6 Å². The molecule has 0 bridgehead atoms. The van der Waals surface area contributed by atoms with E-state index in [0.717, 1.165) is 5.56 Å². The van der Waals surface area contributed by atoms with Crippen molar-refractivity contribution in [1.29, 1.82) is 0 Å². The lowest BCUT2D eigenvalue weighted by Crippen LogP contribution is -2.13. The number of benzene rings is 2. The molecule has 2 aromatic carbocycles. The van der Waals surface area contributed by atoms with E-state index >= 15 is 0 Å². The van der Waals surface area contributed by atoms with Gasteiger partial charge in [0.2, 0.25) is 5.91 Å². The molecule has 1 heterocycles. The molecule has 0 aliphatic heterocycles. The molecule has 0 fully saturated rings. The van der Waals surface area contributed by atoms with E-state index in [4.69, 9.17) is 22.4 Å². The third kappa shape index (κ3) is 5.68. The topological polar surface area (TPSA) is 138 Å². The number of carbonyl (C=O) groups is 3. The molecule has 0 radical (unpaired) electrons. The van der Waals surface area contributed by atoms with Gasteiger partial charge in [-0.05, 0) is 36.8 Å². The second-order valence-corrected chi connectivity index (χ2v) is 6.05. The van der Waals surface area contributed by atoms with Gasteiger partial charge in [0.15, 0.2) is 5.82 Å². The summed E-state index contributed by atoms with van der Waals surface area (Å²) in [6, 6.07) is 14.9. The predicted octanol–water partition coefficient (Wildman–Crippen LogP) is 3.11. The van der Waals surface area contributed by atoms with Crippen molar-refractivity contribution < 1.29 is 19.5 Å². The number of carboxylic acid groups (broad SMARTS) is 1. The quantitative estimate of drug-likeness (QED) is 0.533. The Morgan fingerprint density at radius 2 is 1.79 bits per heavy atom. The second-order valence-electron chi connectivity index (χ2n) is 5.62. The number of primary amides is 1. The molecular weight excluding hydrogens is 384 g/mol. The molecule has 2 amide bonds. The number of nitrogens with one attached hydrogen (secondary N) is 2. The smallest absolute Gasteiger partial charge is 0.353 e. The Morgan fingerprint density at radius 3 is 2.32 bits per heavy atom. The van der Waals surface area contributed by atoms with Crippen LogP contribution in [0.25, 0.3) is 0 Å². The number of anilines is 1. The maximum atomic E-state index is 12.0. The minimum absolute atomic E-state index is 0.0990. The van der Waals surface area contributed by atoms with E-state index in [-0.39, 0.29) is 17.4 Å². The molecule has 28 heavy (non-hydrogen) atoms. The van der Waals surface area contributed by atoms with Gasteiger partial charge in [0.1, 0.15) is 5.69 Å². The Morgan fingerprint density at radius 1 is 1.11 bits per heavy atom. The van der Waals surface area contributed by atoms with Crippen LogP contribution in [0, 0.1) is 6.92 Å². The number of hydrogen-bond donors (Lipinski definition) is 4. The Labute approximate surface area is 165 Å². The maximum Gasteiger partial charge on any atom is 0.353 e. The number of aryl methyl sites for hydroxylation is 1. The highest BCUT2D eigenvalue weighted by Gasteiger charge is 2.13. The van der Waals surface area contributed by atoms with Gasteiger partial charge in [-0.25, -0.2) is 4.79 Å². The fourth-order valence-electron chi connectivity index (χ4n) is 2.12. The number of halogens is 1. The number of amides is 2. The van der Waals surface area contributed by atoms with Crippen molar-refractivity contribution in [3.8, 4) is 0 Å². The summed E-state index contributed by atoms with van der Waals surface area (Å²) in [5, 5.41) is 17.7. The van der Waals surface area contributed by atoms with E-state index < -0.39 is 11.9 Å². The van der Waals surface area contributed by atoms with E-state index in [1.807, 2.05) is 6.07 Å².